The van der Waals surface area contributed by atoms with Gasteiger partial charge >= 0.3 is 0 Å². The molecule has 0 aromatic heterocycles. The van der Waals surface area contributed by atoms with E-state index in [0.29, 0.717) is 0 Å². The van der Waals surface area contributed by atoms with E-state index in [1.165, 1.54) is 12.2 Å². The minimum absolute atomic E-state index is 0. The Hall–Kier alpha value is 0.142. The summed E-state index contributed by atoms with van der Waals surface area (Å²) in [6, 6.07) is 0. The van der Waals surface area contributed by atoms with Crippen molar-refractivity contribution in [2.75, 3.05) is 0 Å². The van der Waals surface area contributed by atoms with E-state index in [0.717, 1.165) is 0 Å². The fraction of sp³-hybridized carbons (Fsp3) is 0. The zero-order valence-corrected chi connectivity index (χ0v) is 4.31. The molecular formula is C4H5Pd-. The smallest absolute Gasteiger partial charge is 0 e. The molecule has 0 saturated heterocycles. The quantitative estimate of drug-likeness (QED) is 0.306. The Kier molecular flexibility index (Phi) is 15.9. The SMILES string of the molecule is [CH-]=CC=C.[Pd]. The summed E-state index contributed by atoms with van der Waals surface area (Å²) in [5, 5.41) is 0. The topological polar surface area (TPSA) is 0 Å². The zero-order valence-electron chi connectivity index (χ0n) is 2.76. The van der Waals surface area contributed by atoms with Crippen LogP contribution in [0.3, 0.4) is 0 Å². The summed E-state index contributed by atoms with van der Waals surface area (Å²) in [6.45, 7) is 8.08. The van der Waals surface area contributed by atoms with Crippen LogP contribution in [0.25, 0.3) is 0 Å². The average molecular weight is 160 g/mol. The maximum absolute atomic E-state index is 4.78. The summed E-state index contributed by atoms with van der Waals surface area (Å²) in [7, 11) is 0. The van der Waals surface area contributed by atoms with Gasteiger partial charge in [0.25, 0.3) is 0 Å². The van der Waals surface area contributed by atoms with Gasteiger partial charge in [-0.05, 0) is 0 Å². The Morgan fingerprint density at radius 1 is 1.60 bits per heavy atom. The second-order valence-electron chi connectivity index (χ2n) is 0.428. The van der Waals surface area contributed by atoms with E-state index in [9.17, 15) is 0 Å². The fourth-order valence-corrected chi connectivity index (χ4v) is 0. The van der Waals surface area contributed by atoms with Gasteiger partial charge < -0.3 is 0 Å². The van der Waals surface area contributed by atoms with Crippen molar-refractivity contribution in [3.05, 3.63) is 25.3 Å². The predicted molar refractivity (Wildman–Crippen MR) is 19.1 cm³/mol. The molecule has 0 aromatic rings. The van der Waals surface area contributed by atoms with Gasteiger partial charge in [-0.15, -0.1) is 0 Å². The maximum Gasteiger partial charge on any atom is 0 e. The molecule has 0 aromatic carbocycles. The van der Waals surface area contributed by atoms with Crippen LogP contribution in [0.2, 0.25) is 0 Å². The number of rotatable bonds is 1. The summed E-state index contributed by atoms with van der Waals surface area (Å²) in [5.74, 6) is 0. The first-order valence-corrected chi connectivity index (χ1v) is 1.07. The monoisotopic (exact) mass is 159 g/mol. The number of hydrogen-bond donors (Lipinski definition) is 0. The van der Waals surface area contributed by atoms with Crippen molar-refractivity contribution in [3.8, 4) is 0 Å². The van der Waals surface area contributed by atoms with Crippen LogP contribution in [0.4, 0.5) is 0 Å². The Balaban J connectivity index is 0. The third kappa shape index (κ3) is 14.6. The van der Waals surface area contributed by atoms with E-state index in [-0.39, 0.29) is 20.4 Å². The first kappa shape index (κ1) is 8.94. The largest absolute Gasteiger partial charge is 0.293 e. The van der Waals surface area contributed by atoms with E-state index < -0.39 is 0 Å². The van der Waals surface area contributed by atoms with Crippen LogP contribution in [0.1, 0.15) is 0 Å². The Labute approximate surface area is 46.2 Å². The molecule has 32 valence electrons. The minimum Gasteiger partial charge on any atom is -0.293 e. The van der Waals surface area contributed by atoms with Gasteiger partial charge in [0.15, 0.2) is 0 Å². The van der Waals surface area contributed by atoms with E-state index in [2.05, 4.69) is 6.58 Å². The molecular weight excluding hydrogens is 154 g/mol. The molecule has 0 atom stereocenters. The molecule has 0 aliphatic rings. The van der Waals surface area contributed by atoms with E-state index in [1.807, 2.05) is 0 Å². The first-order chi connectivity index (χ1) is 1.91. The molecule has 0 spiro atoms. The van der Waals surface area contributed by atoms with Gasteiger partial charge in [-0.25, -0.2) is 12.2 Å². The summed E-state index contributed by atoms with van der Waals surface area (Å²) < 4.78 is 0. The van der Waals surface area contributed by atoms with Crippen LogP contribution >= 0.6 is 0 Å². The van der Waals surface area contributed by atoms with Crippen molar-refractivity contribution < 1.29 is 20.4 Å². The summed E-state index contributed by atoms with van der Waals surface area (Å²) >= 11 is 0. The molecule has 5 heavy (non-hydrogen) atoms. The van der Waals surface area contributed by atoms with Crippen molar-refractivity contribution >= 4 is 0 Å². The van der Waals surface area contributed by atoms with E-state index in [4.69, 9.17) is 6.58 Å². The minimum atomic E-state index is 0. The number of hydrogen-bond acceptors (Lipinski definition) is 0. The fourth-order valence-electron chi connectivity index (χ4n) is 0. The van der Waals surface area contributed by atoms with Gasteiger partial charge in [-0.2, -0.15) is 6.58 Å². The maximum atomic E-state index is 4.78. The van der Waals surface area contributed by atoms with Crippen LogP contribution < -0.4 is 0 Å². The zero-order chi connectivity index (χ0) is 3.41. The Morgan fingerprint density at radius 2 is 1.80 bits per heavy atom. The van der Waals surface area contributed by atoms with E-state index >= 15 is 0 Å². The molecule has 0 aliphatic heterocycles. The molecule has 0 rings (SSSR count). The van der Waals surface area contributed by atoms with Gasteiger partial charge in [-0.1, -0.05) is 0 Å². The normalized spacial score (nSPS) is 4.00. The molecule has 0 radical (unpaired) electrons. The summed E-state index contributed by atoms with van der Waals surface area (Å²) in [6.07, 6.45) is 2.92. The first-order valence-electron chi connectivity index (χ1n) is 1.07. The molecule has 0 aliphatic carbocycles. The average Bonchev–Trinajstić information content (AvgIpc) is 1.37. The third-order valence-corrected chi connectivity index (χ3v) is 0.136. The van der Waals surface area contributed by atoms with Crippen molar-refractivity contribution in [1.82, 2.24) is 0 Å². The Bertz CT molecular complexity index is 24.6. The van der Waals surface area contributed by atoms with Crippen LogP contribution in [0, 0.1) is 6.58 Å². The van der Waals surface area contributed by atoms with Crippen molar-refractivity contribution in [3.63, 3.8) is 0 Å². The van der Waals surface area contributed by atoms with Gasteiger partial charge in [0.05, 0.1) is 0 Å². The molecule has 0 nitrogen and oxygen atoms in total. The standard InChI is InChI=1S/C4H5.Pd/c1-3-4-2;/h1,3-4H,2H2;/q-1;. The van der Waals surface area contributed by atoms with Crippen LogP contribution in [0.15, 0.2) is 18.7 Å². The second kappa shape index (κ2) is 8.91. The molecule has 1 heteroatoms. The Morgan fingerprint density at radius 3 is 1.80 bits per heavy atom. The summed E-state index contributed by atoms with van der Waals surface area (Å²) in [4.78, 5) is 0. The second-order valence-corrected chi connectivity index (χ2v) is 0.428. The van der Waals surface area contributed by atoms with E-state index in [1.54, 1.807) is 0 Å². The molecule has 0 unspecified atom stereocenters. The van der Waals surface area contributed by atoms with Crippen LogP contribution in [0.5, 0.6) is 0 Å². The van der Waals surface area contributed by atoms with Crippen molar-refractivity contribution in [2.45, 2.75) is 0 Å². The molecule has 0 N–H and O–H groups in total. The van der Waals surface area contributed by atoms with Crippen LogP contribution in [-0.4, -0.2) is 0 Å². The summed E-state index contributed by atoms with van der Waals surface area (Å²) in [5.41, 5.74) is 0. The van der Waals surface area contributed by atoms with Gasteiger partial charge in [0.2, 0.25) is 0 Å². The van der Waals surface area contributed by atoms with Crippen molar-refractivity contribution in [1.29, 1.82) is 0 Å². The molecule has 0 bridgehead atoms. The van der Waals surface area contributed by atoms with Crippen LogP contribution in [-0.2, 0) is 20.4 Å². The van der Waals surface area contributed by atoms with Gasteiger partial charge in [-0.3, -0.25) is 6.58 Å². The number of allylic oxidation sites excluding steroid dienone is 2. The molecule has 0 amide bonds. The van der Waals surface area contributed by atoms with Gasteiger partial charge in [0.1, 0.15) is 0 Å². The molecule has 0 saturated carbocycles. The van der Waals surface area contributed by atoms with Crippen molar-refractivity contribution in [2.24, 2.45) is 0 Å². The third-order valence-electron chi connectivity index (χ3n) is 0.136. The molecule has 0 fully saturated rings. The van der Waals surface area contributed by atoms with Gasteiger partial charge in [0, 0.05) is 20.4 Å². The predicted octanol–water partition coefficient (Wildman–Crippen LogP) is 1.16. The molecule has 0 heterocycles.